The van der Waals surface area contributed by atoms with Gasteiger partial charge in [0.1, 0.15) is 6.10 Å². The van der Waals surface area contributed by atoms with Crippen molar-refractivity contribution in [3.63, 3.8) is 0 Å². The van der Waals surface area contributed by atoms with Gasteiger partial charge >= 0.3 is 5.97 Å². The fourth-order valence-electron chi connectivity index (χ4n) is 5.39. The monoisotopic (exact) mass is 520 g/mol. The van der Waals surface area contributed by atoms with Crippen LogP contribution in [0.5, 0.6) is 34.5 Å². The lowest BCUT2D eigenvalue weighted by Gasteiger charge is -2.35. The summed E-state index contributed by atoms with van der Waals surface area (Å²) in [6.45, 7) is 4.30. The van der Waals surface area contributed by atoms with Crippen molar-refractivity contribution in [3.05, 3.63) is 59.2 Å². The smallest absolute Gasteiger partial charge is 0.338 e. The van der Waals surface area contributed by atoms with Crippen LogP contribution >= 0.6 is 0 Å². The summed E-state index contributed by atoms with van der Waals surface area (Å²) < 4.78 is 41.2. The molecule has 0 spiro atoms. The molecule has 38 heavy (non-hydrogen) atoms. The zero-order chi connectivity index (χ0) is 27.0. The number of carbonyl (C=O) groups excluding carboxylic acids is 1. The molecule has 1 aliphatic heterocycles. The van der Waals surface area contributed by atoms with Crippen molar-refractivity contribution >= 4 is 5.97 Å². The predicted molar refractivity (Wildman–Crippen MR) is 141 cm³/mol. The van der Waals surface area contributed by atoms with E-state index >= 15 is 0 Å². The van der Waals surface area contributed by atoms with E-state index in [2.05, 4.69) is 13.8 Å². The third-order valence-corrected chi connectivity index (χ3v) is 7.48. The molecule has 5 rings (SSSR count). The maximum absolute atomic E-state index is 13.3. The van der Waals surface area contributed by atoms with Crippen LogP contribution in [-0.4, -0.2) is 41.2 Å². The van der Waals surface area contributed by atoms with E-state index in [-0.39, 0.29) is 18.6 Å². The summed E-state index contributed by atoms with van der Waals surface area (Å²) in [5.74, 6) is 2.67. The second-order valence-corrected chi connectivity index (χ2v) is 9.52. The number of methoxy groups -OCH3 is 4. The minimum absolute atomic E-state index is 0.0567. The zero-order valence-corrected chi connectivity index (χ0v) is 22.5. The molecule has 0 aromatic heterocycles. The average molecular weight is 521 g/mol. The highest BCUT2D eigenvalue weighted by molar-refractivity contribution is 5.91. The second-order valence-electron chi connectivity index (χ2n) is 9.52. The molecule has 1 heterocycles. The first kappa shape index (κ1) is 25.6. The molecule has 0 saturated carbocycles. The van der Waals surface area contributed by atoms with Gasteiger partial charge in [0.15, 0.2) is 23.0 Å². The molecule has 8 nitrogen and oxygen atoms in total. The fourth-order valence-corrected chi connectivity index (χ4v) is 5.39. The minimum atomic E-state index is -0.609. The first-order valence-corrected chi connectivity index (χ1v) is 12.5. The number of carbonyl (C=O) groups is 1. The second kappa shape index (κ2) is 10.4. The van der Waals surface area contributed by atoms with Crippen LogP contribution in [0.4, 0.5) is 0 Å². The Hall–Kier alpha value is -4.07. The zero-order valence-electron chi connectivity index (χ0n) is 22.5. The molecule has 3 atom stereocenters. The first-order valence-electron chi connectivity index (χ1n) is 12.5. The highest BCUT2D eigenvalue weighted by atomic mass is 16.7. The molecule has 0 radical (unpaired) electrons. The van der Waals surface area contributed by atoms with E-state index in [1.165, 1.54) is 0 Å². The minimum Gasteiger partial charge on any atom is -0.493 e. The molecule has 0 N–H and O–H groups in total. The van der Waals surface area contributed by atoms with Crippen LogP contribution in [0, 0.1) is 11.8 Å². The molecular formula is C30H32O8. The number of fused-ring (bicyclic) bond motifs is 4. The number of benzene rings is 3. The van der Waals surface area contributed by atoms with E-state index in [4.69, 9.17) is 33.2 Å². The van der Waals surface area contributed by atoms with Crippen molar-refractivity contribution in [2.45, 2.75) is 26.4 Å². The molecule has 0 saturated heterocycles. The Balaban J connectivity index is 1.82. The Morgan fingerprint density at radius 2 is 1.55 bits per heavy atom. The van der Waals surface area contributed by atoms with Gasteiger partial charge in [0.2, 0.25) is 18.3 Å². The Morgan fingerprint density at radius 1 is 0.842 bits per heavy atom. The van der Waals surface area contributed by atoms with Crippen molar-refractivity contribution in [2.75, 3.05) is 35.2 Å². The Bertz CT molecular complexity index is 1350. The SMILES string of the molecule is COc1cc2c(c(OC)c1OC)-c1c(cc3c(c1OC)OCO3)[C@@H](OC(=O)c1ccccc1)[C@@H](C)[C@H](C)C2. The van der Waals surface area contributed by atoms with Gasteiger partial charge in [-0.05, 0) is 42.2 Å². The Labute approximate surface area is 222 Å². The van der Waals surface area contributed by atoms with Crippen LogP contribution in [0.3, 0.4) is 0 Å². The van der Waals surface area contributed by atoms with E-state index in [0.717, 1.165) is 16.7 Å². The summed E-state index contributed by atoms with van der Waals surface area (Å²) in [6, 6.07) is 12.9. The van der Waals surface area contributed by atoms with Crippen LogP contribution in [0.15, 0.2) is 42.5 Å². The summed E-state index contributed by atoms with van der Waals surface area (Å²) in [5.41, 5.74) is 3.68. The van der Waals surface area contributed by atoms with E-state index in [0.29, 0.717) is 52.0 Å². The van der Waals surface area contributed by atoms with Gasteiger partial charge < -0.3 is 33.2 Å². The molecule has 0 bridgehead atoms. The van der Waals surface area contributed by atoms with Crippen LogP contribution in [0.1, 0.15) is 41.4 Å². The summed E-state index contributed by atoms with van der Waals surface area (Å²) in [4.78, 5) is 13.3. The summed E-state index contributed by atoms with van der Waals surface area (Å²) in [7, 11) is 6.35. The number of esters is 1. The number of hydrogen-bond donors (Lipinski definition) is 0. The molecule has 200 valence electrons. The highest BCUT2D eigenvalue weighted by Crippen LogP contribution is 2.58. The third-order valence-electron chi connectivity index (χ3n) is 7.48. The lowest BCUT2D eigenvalue weighted by atomic mass is 9.75. The Kier molecular flexibility index (Phi) is 6.97. The van der Waals surface area contributed by atoms with Crippen LogP contribution < -0.4 is 28.4 Å². The topological polar surface area (TPSA) is 81.7 Å². The lowest BCUT2D eigenvalue weighted by molar-refractivity contribution is 0.00701. The van der Waals surface area contributed by atoms with Crippen LogP contribution in [-0.2, 0) is 11.2 Å². The number of ether oxygens (including phenoxy) is 7. The van der Waals surface area contributed by atoms with Gasteiger partial charge in [-0.1, -0.05) is 32.0 Å². The third kappa shape index (κ3) is 4.14. The molecule has 0 amide bonds. The molecule has 0 unspecified atom stereocenters. The standard InChI is InChI=1S/C30H32O8/c1-16-12-19-13-21(32-3)26(33-4)28(34-5)23(19)24-20(14-22-27(29(24)35-6)37-15-36-22)25(17(16)2)38-30(31)18-10-8-7-9-11-18/h7-11,13-14,16-17,25H,12,15H2,1-6H3/t16-,17+,25+/m1/s1. The summed E-state index contributed by atoms with van der Waals surface area (Å²) in [6.07, 6.45) is 0.0611. The van der Waals surface area contributed by atoms with Crippen molar-refractivity contribution in [3.8, 4) is 45.6 Å². The van der Waals surface area contributed by atoms with Crippen LogP contribution in [0.2, 0.25) is 0 Å². The molecule has 1 aliphatic carbocycles. The molecule has 0 fully saturated rings. The maximum Gasteiger partial charge on any atom is 0.338 e. The van der Waals surface area contributed by atoms with Gasteiger partial charge in [0.25, 0.3) is 0 Å². The van der Waals surface area contributed by atoms with Gasteiger partial charge in [0, 0.05) is 22.6 Å². The fraction of sp³-hybridized carbons (Fsp3) is 0.367. The summed E-state index contributed by atoms with van der Waals surface area (Å²) >= 11 is 0. The number of hydrogen-bond acceptors (Lipinski definition) is 8. The van der Waals surface area contributed by atoms with Gasteiger partial charge in [0.05, 0.1) is 34.0 Å². The van der Waals surface area contributed by atoms with Crippen molar-refractivity contribution in [1.82, 2.24) is 0 Å². The quantitative estimate of drug-likeness (QED) is 0.375. The average Bonchev–Trinajstić information content (AvgIpc) is 3.42. The molecule has 3 aromatic carbocycles. The van der Waals surface area contributed by atoms with Crippen molar-refractivity contribution in [2.24, 2.45) is 11.8 Å². The molecule has 3 aromatic rings. The molecule has 2 aliphatic rings. The molecular weight excluding hydrogens is 488 g/mol. The van der Waals surface area contributed by atoms with E-state index < -0.39 is 12.1 Å². The van der Waals surface area contributed by atoms with Gasteiger partial charge in [-0.2, -0.15) is 0 Å². The number of rotatable bonds is 6. The highest BCUT2D eigenvalue weighted by Gasteiger charge is 2.40. The largest absolute Gasteiger partial charge is 0.493 e. The van der Waals surface area contributed by atoms with Gasteiger partial charge in [-0.15, -0.1) is 0 Å². The lowest BCUT2D eigenvalue weighted by Crippen LogP contribution is -2.26. The van der Waals surface area contributed by atoms with Gasteiger partial charge in [-0.3, -0.25) is 0 Å². The van der Waals surface area contributed by atoms with Gasteiger partial charge in [-0.25, -0.2) is 4.79 Å². The van der Waals surface area contributed by atoms with E-state index in [1.807, 2.05) is 30.3 Å². The first-order chi connectivity index (χ1) is 18.4. The Morgan fingerprint density at radius 3 is 2.21 bits per heavy atom. The predicted octanol–water partition coefficient (Wildman–Crippen LogP) is 5.84. The van der Waals surface area contributed by atoms with Crippen molar-refractivity contribution < 1.29 is 38.0 Å². The van der Waals surface area contributed by atoms with E-state index in [9.17, 15) is 4.79 Å². The van der Waals surface area contributed by atoms with E-state index in [1.54, 1.807) is 40.6 Å². The normalized spacial score (nSPS) is 19.4. The maximum atomic E-state index is 13.3. The summed E-state index contributed by atoms with van der Waals surface area (Å²) in [5, 5.41) is 0. The molecule has 8 heteroatoms. The van der Waals surface area contributed by atoms with Crippen molar-refractivity contribution in [1.29, 1.82) is 0 Å². The van der Waals surface area contributed by atoms with Crippen LogP contribution in [0.25, 0.3) is 11.1 Å².